The highest BCUT2D eigenvalue weighted by Gasteiger charge is 2.33. The lowest BCUT2D eigenvalue weighted by atomic mass is 10.1. The maximum absolute atomic E-state index is 13.3. The molecule has 1 N–H and O–H groups in total. The maximum atomic E-state index is 13.3. The number of fused-ring (bicyclic) bond motifs is 2. The Morgan fingerprint density at radius 2 is 2.04 bits per heavy atom. The molecule has 0 fully saturated rings. The standard InChI is InChI=1S/C17H12FN3O3/c1-24-10-3-5-11-14(7-10)20-16(22)15(11)21-8-19-13-6-9(18)2-4-12(13)17(21)23/h2-8,15H,1H3,(H,20,22)/t15-/m1/s1. The number of methoxy groups -OCH3 is 1. The summed E-state index contributed by atoms with van der Waals surface area (Å²) in [7, 11) is 1.53. The first kappa shape index (κ1) is 14.4. The van der Waals surface area contributed by atoms with Gasteiger partial charge >= 0.3 is 0 Å². The summed E-state index contributed by atoms with van der Waals surface area (Å²) < 4.78 is 19.7. The quantitative estimate of drug-likeness (QED) is 0.783. The number of nitrogens with zero attached hydrogens (tertiary/aromatic N) is 2. The predicted molar refractivity (Wildman–Crippen MR) is 85.7 cm³/mol. The summed E-state index contributed by atoms with van der Waals surface area (Å²) in [5, 5.41) is 3.00. The molecule has 1 aliphatic heterocycles. The molecule has 0 aliphatic carbocycles. The fourth-order valence-electron chi connectivity index (χ4n) is 2.92. The molecule has 1 aromatic heterocycles. The van der Waals surface area contributed by atoms with Crippen molar-refractivity contribution < 1.29 is 13.9 Å². The van der Waals surface area contributed by atoms with Gasteiger partial charge in [-0.3, -0.25) is 14.2 Å². The van der Waals surface area contributed by atoms with Crippen LogP contribution in [0.25, 0.3) is 10.9 Å². The number of halogens is 1. The van der Waals surface area contributed by atoms with Crippen molar-refractivity contribution in [2.24, 2.45) is 0 Å². The zero-order valence-corrected chi connectivity index (χ0v) is 12.6. The summed E-state index contributed by atoms with van der Waals surface area (Å²) in [6.07, 6.45) is 1.27. The lowest BCUT2D eigenvalue weighted by Gasteiger charge is -2.13. The molecular formula is C17H12FN3O3. The van der Waals surface area contributed by atoms with Gasteiger partial charge in [0.05, 0.1) is 30.0 Å². The summed E-state index contributed by atoms with van der Waals surface area (Å²) in [6, 6.07) is 8.09. The Morgan fingerprint density at radius 3 is 2.83 bits per heavy atom. The molecule has 2 heterocycles. The van der Waals surface area contributed by atoms with Crippen LogP contribution in [0.1, 0.15) is 11.6 Å². The van der Waals surface area contributed by atoms with Crippen molar-refractivity contribution in [2.75, 3.05) is 12.4 Å². The highest BCUT2D eigenvalue weighted by atomic mass is 19.1. The van der Waals surface area contributed by atoms with Gasteiger partial charge in [0.1, 0.15) is 17.6 Å². The number of hydrogen-bond acceptors (Lipinski definition) is 4. The van der Waals surface area contributed by atoms with Gasteiger partial charge in [-0.1, -0.05) is 6.07 Å². The van der Waals surface area contributed by atoms with Crippen LogP contribution in [0.15, 0.2) is 47.5 Å². The first-order chi connectivity index (χ1) is 11.6. The number of rotatable bonds is 2. The van der Waals surface area contributed by atoms with E-state index in [0.717, 1.165) is 0 Å². The SMILES string of the molecule is COc1ccc2c(c1)NC(=O)[C@@H]2n1cnc2cc(F)ccc2c1=O. The van der Waals surface area contributed by atoms with E-state index in [-0.39, 0.29) is 16.8 Å². The van der Waals surface area contributed by atoms with Crippen molar-refractivity contribution in [1.82, 2.24) is 9.55 Å². The van der Waals surface area contributed by atoms with Crippen molar-refractivity contribution in [3.05, 3.63) is 64.5 Å². The molecule has 7 heteroatoms. The van der Waals surface area contributed by atoms with Crippen molar-refractivity contribution in [3.8, 4) is 5.75 Å². The number of nitrogens with one attached hydrogen (secondary N) is 1. The first-order valence-electron chi connectivity index (χ1n) is 7.23. The number of hydrogen-bond donors (Lipinski definition) is 1. The molecule has 6 nitrogen and oxygen atoms in total. The number of carbonyl (C=O) groups excluding carboxylic acids is 1. The van der Waals surface area contributed by atoms with Crippen molar-refractivity contribution in [1.29, 1.82) is 0 Å². The second kappa shape index (κ2) is 5.16. The topological polar surface area (TPSA) is 73.2 Å². The summed E-state index contributed by atoms with van der Waals surface area (Å²) >= 11 is 0. The van der Waals surface area contributed by atoms with Gasteiger partial charge in [0, 0.05) is 17.7 Å². The van der Waals surface area contributed by atoms with E-state index < -0.39 is 17.4 Å². The molecule has 1 atom stereocenters. The molecule has 1 amide bonds. The van der Waals surface area contributed by atoms with E-state index in [0.29, 0.717) is 17.0 Å². The van der Waals surface area contributed by atoms with Crippen LogP contribution in [0.5, 0.6) is 5.75 Å². The molecule has 0 saturated heterocycles. The lowest BCUT2D eigenvalue weighted by molar-refractivity contribution is -0.117. The molecule has 24 heavy (non-hydrogen) atoms. The Balaban J connectivity index is 1.90. The van der Waals surface area contributed by atoms with E-state index in [1.165, 1.54) is 36.2 Å². The fourth-order valence-corrected chi connectivity index (χ4v) is 2.92. The maximum Gasteiger partial charge on any atom is 0.262 e. The Labute approximate surface area is 135 Å². The number of anilines is 1. The van der Waals surface area contributed by atoms with Gasteiger partial charge in [0.25, 0.3) is 11.5 Å². The van der Waals surface area contributed by atoms with Gasteiger partial charge in [0.2, 0.25) is 0 Å². The summed E-state index contributed by atoms with van der Waals surface area (Å²) in [5.74, 6) is -0.194. The number of benzene rings is 2. The molecular weight excluding hydrogens is 313 g/mol. The molecule has 4 rings (SSSR count). The first-order valence-corrected chi connectivity index (χ1v) is 7.23. The van der Waals surface area contributed by atoms with E-state index in [4.69, 9.17) is 4.74 Å². The Kier molecular flexibility index (Phi) is 3.09. The second-order valence-corrected chi connectivity index (χ2v) is 5.46. The zero-order chi connectivity index (χ0) is 16.8. The van der Waals surface area contributed by atoms with E-state index in [2.05, 4.69) is 10.3 Å². The van der Waals surface area contributed by atoms with Crippen LogP contribution in [0, 0.1) is 5.82 Å². The van der Waals surface area contributed by atoms with E-state index in [9.17, 15) is 14.0 Å². The largest absolute Gasteiger partial charge is 0.497 e. The highest BCUT2D eigenvalue weighted by Crippen LogP contribution is 2.35. The van der Waals surface area contributed by atoms with Crippen molar-refractivity contribution in [3.63, 3.8) is 0 Å². The minimum Gasteiger partial charge on any atom is -0.497 e. The molecule has 3 aromatic rings. The van der Waals surface area contributed by atoms with Gasteiger partial charge in [0.15, 0.2) is 0 Å². The van der Waals surface area contributed by atoms with Crippen LogP contribution in [0.4, 0.5) is 10.1 Å². The smallest absolute Gasteiger partial charge is 0.262 e. The van der Waals surface area contributed by atoms with Crippen molar-refractivity contribution in [2.45, 2.75) is 6.04 Å². The predicted octanol–water partition coefficient (Wildman–Crippen LogP) is 2.09. The molecule has 120 valence electrons. The average Bonchev–Trinajstić information content (AvgIpc) is 2.90. The monoisotopic (exact) mass is 325 g/mol. The van der Waals surface area contributed by atoms with Gasteiger partial charge in [-0.25, -0.2) is 9.37 Å². The molecule has 0 saturated carbocycles. The summed E-state index contributed by atoms with van der Waals surface area (Å²) in [4.78, 5) is 29.2. The number of aromatic nitrogens is 2. The molecule has 0 bridgehead atoms. The molecule has 0 spiro atoms. The van der Waals surface area contributed by atoms with E-state index >= 15 is 0 Å². The van der Waals surface area contributed by atoms with Crippen LogP contribution >= 0.6 is 0 Å². The third-order valence-electron chi connectivity index (χ3n) is 4.09. The van der Waals surface area contributed by atoms with E-state index in [1.54, 1.807) is 18.2 Å². The van der Waals surface area contributed by atoms with E-state index in [1.807, 2.05) is 0 Å². The van der Waals surface area contributed by atoms with Gasteiger partial charge in [-0.15, -0.1) is 0 Å². The highest BCUT2D eigenvalue weighted by molar-refractivity contribution is 6.03. The normalized spacial score (nSPS) is 16.1. The van der Waals surface area contributed by atoms with Crippen LogP contribution in [-0.2, 0) is 4.79 Å². The molecule has 0 unspecified atom stereocenters. The average molecular weight is 325 g/mol. The third-order valence-corrected chi connectivity index (χ3v) is 4.09. The second-order valence-electron chi connectivity index (χ2n) is 5.46. The van der Waals surface area contributed by atoms with Crippen LogP contribution < -0.4 is 15.6 Å². The van der Waals surface area contributed by atoms with Crippen LogP contribution in [0.3, 0.4) is 0 Å². The minimum absolute atomic E-state index is 0.254. The fraction of sp³-hybridized carbons (Fsp3) is 0.118. The van der Waals surface area contributed by atoms with Crippen LogP contribution in [0.2, 0.25) is 0 Å². The molecule has 1 aliphatic rings. The van der Waals surface area contributed by atoms with Gasteiger partial charge in [-0.05, 0) is 18.2 Å². The van der Waals surface area contributed by atoms with Crippen LogP contribution in [-0.4, -0.2) is 22.6 Å². The lowest BCUT2D eigenvalue weighted by Crippen LogP contribution is -2.30. The Bertz CT molecular complexity index is 1040. The molecule has 2 aromatic carbocycles. The third kappa shape index (κ3) is 2.05. The molecule has 0 radical (unpaired) electrons. The number of amides is 1. The summed E-state index contributed by atoms with van der Waals surface area (Å²) in [5.41, 5.74) is 1.11. The zero-order valence-electron chi connectivity index (χ0n) is 12.6. The summed E-state index contributed by atoms with van der Waals surface area (Å²) in [6.45, 7) is 0. The van der Waals surface area contributed by atoms with Gasteiger partial charge < -0.3 is 10.1 Å². The van der Waals surface area contributed by atoms with Gasteiger partial charge in [-0.2, -0.15) is 0 Å². The van der Waals surface area contributed by atoms with Crippen molar-refractivity contribution >= 4 is 22.5 Å². The number of carbonyl (C=O) groups is 1. The minimum atomic E-state index is -0.819. The Morgan fingerprint density at radius 1 is 1.21 bits per heavy atom. The Hall–Kier alpha value is -3.22. The number of ether oxygens (including phenoxy) is 1.